The predicted molar refractivity (Wildman–Crippen MR) is 159 cm³/mol. The number of hydrogen-bond donors (Lipinski definition) is 2. The molecule has 0 radical (unpaired) electrons. The van der Waals surface area contributed by atoms with Crippen molar-refractivity contribution in [3.63, 3.8) is 0 Å². The number of halogens is 1. The number of carbonyl (C=O) groups is 2. The van der Waals surface area contributed by atoms with Crippen LogP contribution in [0.2, 0.25) is 0 Å². The number of anilines is 2. The Labute approximate surface area is 239 Å². The number of nitrogens with one attached hydrogen (secondary N) is 2. The Morgan fingerprint density at radius 1 is 0.756 bits per heavy atom. The lowest BCUT2D eigenvalue weighted by molar-refractivity contribution is 0.0955. The second-order valence-corrected chi connectivity index (χ2v) is 11.5. The second-order valence-electron chi connectivity index (χ2n) is 9.44. The summed E-state index contributed by atoms with van der Waals surface area (Å²) in [4.78, 5) is 25.9. The van der Waals surface area contributed by atoms with Crippen LogP contribution >= 0.6 is 0 Å². The van der Waals surface area contributed by atoms with Gasteiger partial charge in [0.15, 0.2) is 0 Å². The van der Waals surface area contributed by atoms with Crippen LogP contribution in [0.4, 0.5) is 15.8 Å². The molecule has 0 saturated carbocycles. The summed E-state index contributed by atoms with van der Waals surface area (Å²) in [7, 11) is -1.26. The molecule has 41 heavy (non-hydrogen) atoms. The average molecular weight is 575 g/mol. The van der Waals surface area contributed by atoms with Crippen LogP contribution in [0.15, 0.2) is 103 Å². The molecule has 0 fully saturated rings. The van der Waals surface area contributed by atoms with Gasteiger partial charge in [0, 0.05) is 26.2 Å². The number of para-hydroxylation sites is 2. The third-order valence-corrected chi connectivity index (χ3v) is 8.17. The maximum Gasteiger partial charge on any atom is 0.303 e. The van der Waals surface area contributed by atoms with E-state index < -0.39 is 21.9 Å². The third kappa shape index (κ3) is 7.36. The standard InChI is InChI=1S/C31H31FN4O4S/c1-35(2)41(39,40)36(29-15-9-7-13-27(29)32)22-24-16-18-25(19-17-24)30(37)34-28-14-8-6-12-26(28)31(38)33-21-20-23-10-4-3-5-11-23/h3-19H,20-22H2,1-2H3,(H,33,38)(H,34,37). The monoisotopic (exact) mass is 574 g/mol. The Kier molecular flexibility index (Phi) is 9.49. The van der Waals surface area contributed by atoms with Crippen molar-refractivity contribution in [2.75, 3.05) is 30.3 Å². The van der Waals surface area contributed by atoms with Gasteiger partial charge in [-0.3, -0.25) is 13.9 Å². The van der Waals surface area contributed by atoms with Gasteiger partial charge in [0.05, 0.1) is 23.5 Å². The van der Waals surface area contributed by atoms with Gasteiger partial charge in [-0.05, 0) is 53.9 Å². The highest BCUT2D eigenvalue weighted by Gasteiger charge is 2.27. The predicted octanol–water partition coefficient (Wildman–Crippen LogP) is 4.86. The minimum absolute atomic E-state index is 0.0818. The SMILES string of the molecule is CN(C)S(=O)(=O)N(Cc1ccc(C(=O)Nc2ccccc2C(=O)NCCc2ccccc2)cc1)c1ccccc1F. The highest BCUT2D eigenvalue weighted by molar-refractivity contribution is 7.90. The van der Waals surface area contributed by atoms with E-state index in [0.29, 0.717) is 35.3 Å². The Hall–Kier alpha value is -4.54. The summed E-state index contributed by atoms with van der Waals surface area (Å²) in [5.41, 5.74) is 2.58. The van der Waals surface area contributed by atoms with Gasteiger partial charge in [-0.2, -0.15) is 12.7 Å². The van der Waals surface area contributed by atoms with E-state index in [4.69, 9.17) is 0 Å². The van der Waals surface area contributed by atoms with Gasteiger partial charge in [0.2, 0.25) is 0 Å². The van der Waals surface area contributed by atoms with E-state index in [0.717, 1.165) is 14.2 Å². The van der Waals surface area contributed by atoms with Gasteiger partial charge < -0.3 is 10.6 Å². The van der Waals surface area contributed by atoms with E-state index in [2.05, 4.69) is 10.6 Å². The quantitative estimate of drug-likeness (QED) is 0.267. The average Bonchev–Trinajstić information content (AvgIpc) is 2.97. The maximum absolute atomic E-state index is 14.5. The van der Waals surface area contributed by atoms with Crippen LogP contribution in [-0.2, 0) is 23.2 Å². The van der Waals surface area contributed by atoms with E-state index in [-0.39, 0.29) is 18.1 Å². The third-order valence-electron chi connectivity index (χ3n) is 6.37. The molecule has 0 atom stereocenters. The summed E-state index contributed by atoms with van der Waals surface area (Å²) in [5, 5.41) is 5.68. The molecule has 8 nitrogen and oxygen atoms in total. The zero-order valence-corrected chi connectivity index (χ0v) is 23.6. The highest BCUT2D eigenvalue weighted by atomic mass is 32.2. The molecular weight excluding hydrogens is 543 g/mol. The summed E-state index contributed by atoms with van der Waals surface area (Å²) in [6.07, 6.45) is 0.678. The molecule has 0 heterocycles. The Morgan fingerprint density at radius 3 is 2.07 bits per heavy atom. The van der Waals surface area contributed by atoms with Crippen molar-refractivity contribution < 1.29 is 22.4 Å². The fourth-order valence-electron chi connectivity index (χ4n) is 4.11. The number of rotatable bonds is 11. The van der Waals surface area contributed by atoms with Crippen molar-refractivity contribution in [2.24, 2.45) is 0 Å². The minimum Gasteiger partial charge on any atom is -0.352 e. The summed E-state index contributed by atoms with van der Waals surface area (Å²) < 4.78 is 42.5. The first-order valence-corrected chi connectivity index (χ1v) is 14.3. The molecular formula is C31H31FN4O4S. The number of hydrogen-bond acceptors (Lipinski definition) is 4. The molecule has 0 spiro atoms. The first kappa shape index (κ1) is 29.4. The second kappa shape index (κ2) is 13.2. The van der Waals surface area contributed by atoms with Gasteiger partial charge in [-0.15, -0.1) is 0 Å². The van der Waals surface area contributed by atoms with Crippen LogP contribution in [0.1, 0.15) is 31.8 Å². The molecule has 4 aromatic rings. The number of benzene rings is 4. The molecule has 0 aliphatic rings. The van der Waals surface area contributed by atoms with Crippen LogP contribution in [-0.4, -0.2) is 45.2 Å². The zero-order chi connectivity index (χ0) is 29.4. The van der Waals surface area contributed by atoms with Crippen LogP contribution in [0.5, 0.6) is 0 Å². The molecule has 10 heteroatoms. The summed E-state index contributed by atoms with van der Waals surface area (Å²) in [6, 6.07) is 28.5. The molecule has 0 unspecified atom stereocenters. The lowest BCUT2D eigenvalue weighted by atomic mass is 10.1. The maximum atomic E-state index is 14.5. The molecule has 2 amide bonds. The molecule has 0 aromatic heterocycles. The van der Waals surface area contributed by atoms with Crippen molar-refractivity contribution in [1.82, 2.24) is 9.62 Å². The number of nitrogens with zero attached hydrogens (tertiary/aromatic N) is 2. The fraction of sp³-hybridized carbons (Fsp3) is 0.161. The first-order valence-electron chi connectivity index (χ1n) is 12.9. The van der Waals surface area contributed by atoms with Crippen molar-refractivity contribution >= 4 is 33.4 Å². The van der Waals surface area contributed by atoms with Crippen LogP contribution in [0.25, 0.3) is 0 Å². The van der Waals surface area contributed by atoms with Gasteiger partial charge in [0.25, 0.3) is 11.8 Å². The van der Waals surface area contributed by atoms with Crippen molar-refractivity contribution in [1.29, 1.82) is 0 Å². The molecule has 0 saturated heterocycles. The van der Waals surface area contributed by atoms with Crippen LogP contribution in [0.3, 0.4) is 0 Å². The van der Waals surface area contributed by atoms with E-state index >= 15 is 0 Å². The fourth-order valence-corrected chi connectivity index (χ4v) is 5.22. The lowest BCUT2D eigenvalue weighted by Crippen LogP contribution is -2.40. The van der Waals surface area contributed by atoms with Gasteiger partial charge in [-0.1, -0.05) is 66.7 Å². The summed E-state index contributed by atoms with van der Waals surface area (Å²) in [5.74, 6) is -1.41. The molecule has 0 aliphatic heterocycles. The van der Waals surface area contributed by atoms with Gasteiger partial charge >= 0.3 is 10.2 Å². The number of amides is 2. The molecule has 212 valence electrons. The van der Waals surface area contributed by atoms with E-state index in [9.17, 15) is 22.4 Å². The molecule has 2 N–H and O–H groups in total. The number of carbonyl (C=O) groups excluding carboxylic acids is 2. The van der Waals surface area contributed by atoms with Gasteiger partial charge in [-0.25, -0.2) is 4.39 Å². The van der Waals surface area contributed by atoms with Crippen molar-refractivity contribution in [2.45, 2.75) is 13.0 Å². The molecule has 0 bridgehead atoms. The Bertz CT molecular complexity index is 1610. The lowest BCUT2D eigenvalue weighted by Gasteiger charge is -2.27. The Morgan fingerprint density at radius 2 is 1.39 bits per heavy atom. The van der Waals surface area contributed by atoms with Crippen LogP contribution in [0, 0.1) is 5.82 Å². The molecule has 4 aromatic carbocycles. The normalized spacial score (nSPS) is 11.2. The van der Waals surface area contributed by atoms with Crippen molar-refractivity contribution in [3.8, 4) is 0 Å². The highest BCUT2D eigenvalue weighted by Crippen LogP contribution is 2.25. The minimum atomic E-state index is -4.01. The summed E-state index contributed by atoms with van der Waals surface area (Å²) in [6.45, 7) is 0.301. The van der Waals surface area contributed by atoms with Gasteiger partial charge in [0.1, 0.15) is 5.82 Å². The van der Waals surface area contributed by atoms with E-state index in [1.165, 1.54) is 32.3 Å². The first-order chi connectivity index (χ1) is 19.7. The largest absolute Gasteiger partial charge is 0.352 e. The zero-order valence-electron chi connectivity index (χ0n) is 22.7. The molecule has 0 aliphatic carbocycles. The van der Waals surface area contributed by atoms with E-state index in [1.54, 1.807) is 54.6 Å². The Balaban J connectivity index is 1.45. The van der Waals surface area contributed by atoms with Crippen LogP contribution < -0.4 is 14.9 Å². The van der Waals surface area contributed by atoms with Crippen molar-refractivity contribution in [3.05, 3.63) is 131 Å². The summed E-state index contributed by atoms with van der Waals surface area (Å²) >= 11 is 0. The molecule has 4 rings (SSSR count). The topological polar surface area (TPSA) is 98.8 Å². The smallest absolute Gasteiger partial charge is 0.303 e. The van der Waals surface area contributed by atoms with E-state index in [1.807, 2.05) is 30.3 Å².